The number of hydrogen-bond donors (Lipinski definition) is 2. The summed E-state index contributed by atoms with van der Waals surface area (Å²) in [6.45, 7) is 1.74. The highest BCUT2D eigenvalue weighted by Crippen LogP contribution is 2.31. The Kier molecular flexibility index (Phi) is 3.37. The first kappa shape index (κ1) is 14.4. The number of morpholine rings is 2. The van der Waals surface area contributed by atoms with E-state index in [9.17, 15) is 9.59 Å². The van der Waals surface area contributed by atoms with Crippen molar-refractivity contribution in [3.8, 4) is 0 Å². The Hall–Kier alpha value is -1.22. The fraction of sp³-hybridized carbons (Fsp3) is 0.857. The maximum Gasteiger partial charge on any atom is 0.419 e. The lowest BCUT2D eigenvalue weighted by molar-refractivity contribution is -0.200. The predicted octanol–water partition coefficient (Wildman–Crippen LogP) is -0.970. The second-order valence-electron chi connectivity index (χ2n) is 6.56. The van der Waals surface area contributed by atoms with E-state index < -0.39 is 23.4 Å². The average Bonchev–Trinajstić information content (AvgIpc) is 2.95. The third-order valence-corrected chi connectivity index (χ3v) is 4.78. The zero-order chi connectivity index (χ0) is 15.2. The molecule has 0 unspecified atom stereocenters. The fourth-order valence-corrected chi connectivity index (χ4v) is 3.72. The maximum absolute atomic E-state index is 12.1. The Morgan fingerprint density at radius 3 is 1.77 bits per heavy atom. The molecule has 8 nitrogen and oxygen atoms in total. The van der Waals surface area contributed by atoms with Gasteiger partial charge in [-0.2, -0.15) is 0 Å². The molecule has 4 rings (SSSR count). The summed E-state index contributed by atoms with van der Waals surface area (Å²) in [4.78, 5) is 24.2. The van der Waals surface area contributed by atoms with Gasteiger partial charge in [-0.15, -0.1) is 0 Å². The number of carbonyl (C=O) groups is 2. The molecule has 22 heavy (non-hydrogen) atoms. The number of carbonyl (C=O) groups excluding carboxylic acids is 2. The highest BCUT2D eigenvalue weighted by Gasteiger charge is 2.49. The standard InChI is InChI=1S/C14H20N2O6/c17-11(21-13-3-1-9(15-13)5-19-7-13)12(18)22-14-4-2-10(16-14)6-20-8-14/h9-10,15-16H,1-8H2/t9-,10-,13+,14+/m0/s1. The molecule has 4 bridgehead atoms. The molecule has 0 aromatic carbocycles. The van der Waals surface area contributed by atoms with Crippen LogP contribution in [0.1, 0.15) is 25.7 Å². The van der Waals surface area contributed by atoms with Gasteiger partial charge < -0.3 is 18.9 Å². The third-order valence-electron chi connectivity index (χ3n) is 4.78. The van der Waals surface area contributed by atoms with Gasteiger partial charge in [0.1, 0.15) is 13.2 Å². The highest BCUT2D eigenvalue weighted by molar-refractivity contribution is 6.29. The van der Waals surface area contributed by atoms with Crippen LogP contribution in [0.2, 0.25) is 0 Å². The lowest BCUT2D eigenvalue weighted by Gasteiger charge is -2.35. The van der Waals surface area contributed by atoms with Gasteiger partial charge >= 0.3 is 11.9 Å². The molecule has 0 radical (unpaired) electrons. The summed E-state index contributed by atoms with van der Waals surface area (Å²) >= 11 is 0. The van der Waals surface area contributed by atoms with Gasteiger partial charge in [0.25, 0.3) is 0 Å². The molecule has 2 N–H and O–H groups in total. The number of rotatable bonds is 2. The van der Waals surface area contributed by atoms with E-state index in [1.54, 1.807) is 0 Å². The van der Waals surface area contributed by atoms with E-state index in [2.05, 4.69) is 10.6 Å². The van der Waals surface area contributed by atoms with Crippen LogP contribution in [0, 0.1) is 0 Å². The van der Waals surface area contributed by atoms with Crippen molar-refractivity contribution in [1.82, 2.24) is 10.6 Å². The molecule has 0 aromatic rings. The van der Waals surface area contributed by atoms with Crippen LogP contribution >= 0.6 is 0 Å². The largest absolute Gasteiger partial charge is 0.433 e. The van der Waals surface area contributed by atoms with Crippen LogP contribution in [0.25, 0.3) is 0 Å². The van der Waals surface area contributed by atoms with Crippen molar-refractivity contribution in [3.63, 3.8) is 0 Å². The number of fused-ring (bicyclic) bond motifs is 4. The third kappa shape index (κ3) is 2.50. The van der Waals surface area contributed by atoms with Gasteiger partial charge in [0.15, 0.2) is 11.4 Å². The van der Waals surface area contributed by atoms with Gasteiger partial charge in [0, 0.05) is 24.9 Å². The van der Waals surface area contributed by atoms with Gasteiger partial charge in [-0.1, -0.05) is 0 Å². The number of ether oxygens (including phenoxy) is 4. The first-order valence-corrected chi connectivity index (χ1v) is 7.75. The molecule has 0 spiro atoms. The number of nitrogens with one attached hydrogen (secondary N) is 2. The zero-order valence-corrected chi connectivity index (χ0v) is 12.3. The monoisotopic (exact) mass is 312 g/mol. The molecule has 0 amide bonds. The topological polar surface area (TPSA) is 95.1 Å². The van der Waals surface area contributed by atoms with E-state index >= 15 is 0 Å². The van der Waals surface area contributed by atoms with E-state index in [0.29, 0.717) is 26.1 Å². The Labute approximate surface area is 127 Å². The molecule has 4 atom stereocenters. The second-order valence-corrected chi connectivity index (χ2v) is 6.56. The molecular formula is C14H20N2O6. The average molecular weight is 312 g/mol. The van der Waals surface area contributed by atoms with Crippen molar-refractivity contribution >= 4 is 11.9 Å². The smallest absolute Gasteiger partial charge is 0.419 e. The van der Waals surface area contributed by atoms with Crippen molar-refractivity contribution in [2.75, 3.05) is 26.4 Å². The molecule has 0 aliphatic carbocycles. The molecular weight excluding hydrogens is 292 g/mol. The minimum Gasteiger partial charge on any atom is -0.433 e. The number of hydrogen-bond acceptors (Lipinski definition) is 8. The molecule has 0 saturated carbocycles. The van der Waals surface area contributed by atoms with Crippen LogP contribution in [0.5, 0.6) is 0 Å². The minimum absolute atomic E-state index is 0.181. The van der Waals surface area contributed by atoms with Crippen LogP contribution in [-0.4, -0.2) is 61.9 Å². The lowest BCUT2D eigenvalue weighted by atomic mass is 10.2. The minimum atomic E-state index is -0.983. The Morgan fingerprint density at radius 2 is 1.32 bits per heavy atom. The van der Waals surface area contributed by atoms with Gasteiger partial charge in [-0.3, -0.25) is 10.6 Å². The number of esters is 2. The lowest BCUT2D eigenvalue weighted by Crippen LogP contribution is -2.58. The molecule has 4 fully saturated rings. The Morgan fingerprint density at radius 1 is 0.864 bits per heavy atom. The summed E-state index contributed by atoms with van der Waals surface area (Å²) in [5.41, 5.74) is -1.77. The van der Waals surface area contributed by atoms with Gasteiger partial charge in [0.2, 0.25) is 0 Å². The van der Waals surface area contributed by atoms with Crippen LogP contribution in [0.3, 0.4) is 0 Å². The highest BCUT2D eigenvalue weighted by atomic mass is 16.6. The Bertz CT molecular complexity index is 448. The molecule has 4 heterocycles. The van der Waals surface area contributed by atoms with Gasteiger partial charge in [-0.25, -0.2) is 9.59 Å². The summed E-state index contributed by atoms with van der Waals surface area (Å²) in [5, 5.41) is 6.42. The second kappa shape index (κ2) is 5.16. The van der Waals surface area contributed by atoms with Crippen molar-refractivity contribution in [2.45, 2.75) is 49.2 Å². The summed E-state index contributed by atoms with van der Waals surface area (Å²) in [6, 6.07) is 0.361. The molecule has 8 heteroatoms. The van der Waals surface area contributed by atoms with Crippen LogP contribution in [0.15, 0.2) is 0 Å². The zero-order valence-electron chi connectivity index (χ0n) is 12.3. The first-order chi connectivity index (χ1) is 10.6. The summed E-state index contributed by atoms with van der Waals surface area (Å²) in [5.74, 6) is -1.97. The molecule has 122 valence electrons. The van der Waals surface area contributed by atoms with E-state index in [-0.39, 0.29) is 25.3 Å². The maximum atomic E-state index is 12.1. The predicted molar refractivity (Wildman–Crippen MR) is 71.6 cm³/mol. The van der Waals surface area contributed by atoms with Crippen LogP contribution in [-0.2, 0) is 28.5 Å². The van der Waals surface area contributed by atoms with Crippen LogP contribution in [0.4, 0.5) is 0 Å². The van der Waals surface area contributed by atoms with E-state index in [0.717, 1.165) is 12.8 Å². The van der Waals surface area contributed by atoms with Crippen molar-refractivity contribution in [1.29, 1.82) is 0 Å². The Balaban J connectivity index is 1.37. The van der Waals surface area contributed by atoms with Gasteiger partial charge in [-0.05, 0) is 12.8 Å². The van der Waals surface area contributed by atoms with Crippen molar-refractivity contribution in [2.24, 2.45) is 0 Å². The van der Waals surface area contributed by atoms with Crippen LogP contribution < -0.4 is 10.6 Å². The first-order valence-electron chi connectivity index (χ1n) is 7.75. The SMILES string of the molecule is O=C(O[C@]12CC[C@@H](COC1)N2)C(=O)O[C@]12CC[C@@H](COC1)N2. The fourth-order valence-electron chi connectivity index (χ4n) is 3.72. The van der Waals surface area contributed by atoms with E-state index in [1.165, 1.54) is 0 Å². The molecule has 4 saturated heterocycles. The van der Waals surface area contributed by atoms with Crippen molar-refractivity contribution in [3.05, 3.63) is 0 Å². The summed E-state index contributed by atoms with van der Waals surface area (Å²) < 4.78 is 21.5. The van der Waals surface area contributed by atoms with E-state index in [4.69, 9.17) is 18.9 Å². The normalized spacial score (nSPS) is 42.9. The molecule has 0 aromatic heterocycles. The molecule has 4 aliphatic rings. The summed E-state index contributed by atoms with van der Waals surface area (Å²) in [7, 11) is 0. The van der Waals surface area contributed by atoms with Gasteiger partial charge in [0.05, 0.1) is 13.2 Å². The summed E-state index contributed by atoms with van der Waals surface area (Å²) in [6.07, 6.45) is 3.02. The van der Waals surface area contributed by atoms with E-state index in [1.807, 2.05) is 0 Å². The quantitative estimate of drug-likeness (QED) is 0.497. The molecule has 4 aliphatic heterocycles. The van der Waals surface area contributed by atoms with Crippen molar-refractivity contribution < 1.29 is 28.5 Å².